The molecule has 3 heterocycles. The van der Waals surface area contributed by atoms with E-state index < -0.39 is 5.82 Å². The summed E-state index contributed by atoms with van der Waals surface area (Å²) >= 11 is 0. The molecule has 4 rings (SSSR count). The first kappa shape index (κ1) is 20.7. The molecule has 1 spiro atoms. The number of carbonyl (C=O) groups is 1. The van der Waals surface area contributed by atoms with Gasteiger partial charge in [0.2, 0.25) is 0 Å². The van der Waals surface area contributed by atoms with Gasteiger partial charge >= 0.3 is 0 Å². The summed E-state index contributed by atoms with van der Waals surface area (Å²) in [4.78, 5) is 19.6. The molecule has 2 aliphatic rings. The Bertz CT molecular complexity index is 934. The van der Waals surface area contributed by atoms with Crippen LogP contribution in [0.15, 0.2) is 22.7 Å². The fourth-order valence-corrected chi connectivity index (χ4v) is 4.69. The molecule has 162 valence electrons. The average molecular weight is 416 g/mol. The number of methoxy groups -OCH3 is 1. The number of aromatic nitrogens is 1. The number of likely N-dealkylation sites (tertiary alicyclic amines) is 2. The predicted molar refractivity (Wildman–Crippen MR) is 112 cm³/mol. The lowest BCUT2D eigenvalue weighted by atomic mass is 9.77. The van der Waals surface area contributed by atoms with Crippen LogP contribution in [0, 0.1) is 11.2 Å². The average Bonchev–Trinajstić information content (AvgIpc) is 3.33. The van der Waals surface area contributed by atoms with E-state index in [9.17, 15) is 9.18 Å². The molecule has 1 amide bonds. The first-order valence-electron chi connectivity index (χ1n) is 10.3. The van der Waals surface area contributed by atoms with Crippen molar-refractivity contribution >= 4 is 11.7 Å². The van der Waals surface area contributed by atoms with E-state index in [1.54, 1.807) is 11.0 Å². The minimum atomic E-state index is -0.468. The Morgan fingerprint density at radius 1 is 1.23 bits per heavy atom. The van der Waals surface area contributed by atoms with E-state index in [1.165, 1.54) is 25.7 Å². The van der Waals surface area contributed by atoms with Gasteiger partial charge in [0, 0.05) is 39.3 Å². The highest BCUT2D eigenvalue weighted by molar-refractivity contribution is 6.04. The van der Waals surface area contributed by atoms with E-state index in [0.717, 1.165) is 39.0 Å². The van der Waals surface area contributed by atoms with E-state index in [0.29, 0.717) is 28.1 Å². The number of rotatable bonds is 4. The number of halogens is 1. The zero-order valence-electron chi connectivity index (χ0n) is 18.1. The van der Waals surface area contributed by atoms with Gasteiger partial charge in [-0.1, -0.05) is 5.16 Å². The van der Waals surface area contributed by atoms with Crippen LogP contribution in [0.5, 0.6) is 5.75 Å². The number of amides is 1. The number of carbonyl (C=O) groups excluding carboxylic acids is 1. The molecule has 1 aromatic heterocycles. The number of ether oxygens (including phenoxy) is 1. The molecule has 0 N–H and O–H groups in total. The monoisotopic (exact) mass is 416 g/mol. The maximum absolute atomic E-state index is 13.9. The molecule has 2 fully saturated rings. The number of benzene rings is 1. The first-order valence-corrected chi connectivity index (χ1v) is 10.3. The van der Waals surface area contributed by atoms with E-state index >= 15 is 0 Å². The van der Waals surface area contributed by atoms with Crippen molar-refractivity contribution in [3.8, 4) is 17.1 Å². The van der Waals surface area contributed by atoms with Crippen molar-refractivity contribution in [2.24, 2.45) is 5.41 Å². The summed E-state index contributed by atoms with van der Waals surface area (Å²) in [6.07, 6.45) is 3.21. The van der Waals surface area contributed by atoms with E-state index in [1.807, 2.05) is 19.0 Å². The lowest BCUT2D eigenvalue weighted by Crippen LogP contribution is -2.44. The van der Waals surface area contributed by atoms with Gasteiger partial charge in [-0.15, -0.1) is 0 Å². The maximum Gasteiger partial charge on any atom is 0.261 e. The number of hydrogen-bond acceptors (Lipinski definition) is 6. The van der Waals surface area contributed by atoms with Crippen LogP contribution < -0.4 is 9.64 Å². The van der Waals surface area contributed by atoms with E-state index in [-0.39, 0.29) is 11.7 Å². The largest absolute Gasteiger partial charge is 0.494 e. The van der Waals surface area contributed by atoms with Gasteiger partial charge in [-0.25, -0.2) is 4.39 Å². The van der Waals surface area contributed by atoms with Crippen LogP contribution in [0.2, 0.25) is 0 Å². The fourth-order valence-electron chi connectivity index (χ4n) is 4.69. The van der Waals surface area contributed by atoms with Crippen molar-refractivity contribution in [1.82, 2.24) is 15.0 Å². The minimum absolute atomic E-state index is 0.0963. The predicted octanol–water partition coefficient (Wildman–Crippen LogP) is 3.11. The number of hydrogen-bond donors (Lipinski definition) is 0. The maximum atomic E-state index is 13.9. The number of nitrogens with zero attached hydrogens (tertiary/aromatic N) is 4. The van der Waals surface area contributed by atoms with Gasteiger partial charge in [-0.05, 0) is 56.5 Å². The molecule has 0 saturated carbocycles. The molecule has 0 bridgehead atoms. The molecule has 8 heteroatoms. The van der Waals surface area contributed by atoms with Crippen LogP contribution in [-0.2, 0) is 0 Å². The van der Waals surface area contributed by atoms with Crippen LogP contribution >= 0.6 is 0 Å². The zero-order valence-corrected chi connectivity index (χ0v) is 18.1. The van der Waals surface area contributed by atoms with Gasteiger partial charge in [-0.2, -0.15) is 0 Å². The topological polar surface area (TPSA) is 62.1 Å². The Labute approximate surface area is 176 Å². The summed E-state index contributed by atoms with van der Waals surface area (Å²) in [5.41, 5.74) is 1.30. The lowest BCUT2D eigenvalue weighted by molar-refractivity contribution is 0.0595. The first-order chi connectivity index (χ1) is 14.3. The number of anilines is 1. The van der Waals surface area contributed by atoms with Gasteiger partial charge in [-0.3, -0.25) is 4.79 Å². The van der Waals surface area contributed by atoms with Crippen LogP contribution in [0.4, 0.5) is 10.2 Å². The third kappa shape index (κ3) is 3.64. The van der Waals surface area contributed by atoms with E-state index in [2.05, 4.69) is 17.1 Å². The Balaban J connectivity index is 1.63. The molecule has 7 nitrogen and oxygen atoms in total. The molecule has 0 unspecified atom stereocenters. The summed E-state index contributed by atoms with van der Waals surface area (Å²) in [5.74, 6) is 0.338. The molecule has 2 saturated heterocycles. The highest BCUT2D eigenvalue weighted by Crippen LogP contribution is 2.41. The van der Waals surface area contributed by atoms with Gasteiger partial charge in [0.25, 0.3) is 5.91 Å². The SMILES string of the molecule is COc1cc(-c2onc(N(C)C)c2C(=O)N2CCC3(CCN(C)C3)CC2)ccc1F. The molecule has 0 atom stereocenters. The Morgan fingerprint density at radius 3 is 2.53 bits per heavy atom. The van der Waals surface area contributed by atoms with Crippen molar-refractivity contribution < 1.29 is 18.4 Å². The second-order valence-electron chi connectivity index (χ2n) is 8.73. The Hall–Kier alpha value is -2.61. The van der Waals surface area contributed by atoms with Crippen LogP contribution in [0.1, 0.15) is 29.6 Å². The van der Waals surface area contributed by atoms with Gasteiger partial charge in [0.1, 0.15) is 5.56 Å². The zero-order chi connectivity index (χ0) is 21.5. The Morgan fingerprint density at radius 2 is 1.93 bits per heavy atom. The van der Waals surface area contributed by atoms with Gasteiger partial charge < -0.3 is 24.0 Å². The minimum Gasteiger partial charge on any atom is -0.494 e. The quantitative estimate of drug-likeness (QED) is 0.763. The third-order valence-electron chi connectivity index (χ3n) is 6.47. The highest BCUT2D eigenvalue weighted by Gasteiger charge is 2.41. The van der Waals surface area contributed by atoms with Gasteiger partial charge in [0.15, 0.2) is 23.1 Å². The lowest BCUT2D eigenvalue weighted by Gasteiger charge is -2.39. The van der Waals surface area contributed by atoms with Crippen molar-refractivity contribution in [3.63, 3.8) is 0 Å². The summed E-state index contributed by atoms with van der Waals surface area (Å²) in [7, 11) is 7.21. The summed E-state index contributed by atoms with van der Waals surface area (Å²) in [6, 6.07) is 4.42. The third-order valence-corrected chi connectivity index (χ3v) is 6.47. The van der Waals surface area contributed by atoms with Gasteiger partial charge in [0.05, 0.1) is 7.11 Å². The summed E-state index contributed by atoms with van der Waals surface area (Å²) in [5, 5.41) is 4.13. The number of piperidine rings is 1. The Kier molecular flexibility index (Phi) is 5.44. The molecular weight excluding hydrogens is 387 g/mol. The molecule has 0 aliphatic carbocycles. The van der Waals surface area contributed by atoms with Crippen molar-refractivity contribution in [1.29, 1.82) is 0 Å². The second-order valence-corrected chi connectivity index (χ2v) is 8.73. The highest BCUT2D eigenvalue weighted by atomic mass is 19.1. The molecule has 2 aromatic rings. The standard InChI is InChI=1S/C22H29FN4O3/c1-25(2)20-18(19(30-24-20)15-5-6-16(23)17(13-15)29-4)21(28)27-11-8-22(9-12-27)7-10-26(3)14-22/h5-6,13H,7-12,14H2,1-4H3. The van der Waals surface area contributed by atoms with Crippen molar-refractivity contribution in [3.05, 3.63) is 29.6 Å². The molecular formula is C22H29FN4O3. The van der Waals surface area contributed by atoms with Crippen LogP contribution in [0.3, 0.4) is 0 Å². The smallest absolute Gasteiger partial charge is 0.261 e. The van der Waals surface area contributed by atoms with E-state index in [4.69, 9.17) is 9.26 Å². The molecule has 0 radical (unpaired) electrons. The fraction of sp³-hybridized carbons (Fsp3) is 0.545. The molecule has 30 heavy (non-hydrogen) atoms. The molecule has 1 aromatic carbocycles. The summed E-state index contributed by atoms with van der Waals surface area (Å²) < 4.78 is 24.6. The van der Waals surface area contributed by atoms with Crippen LogP contribution in [0.25, 0.3) is 11.3 Å². The summed E-state index contributed by atoms with van der Waals surface area (Å²) in [6.45, 7) is 3.67. The molecule has 2 aliphatic heterocycles. The van der Waals surface area contributed by atoms with Crippen molar-refractivity contribution in [2.75, 3.05) is 59.3 Å². The second kappa shape index (κ2) is 7.91. The van der Waals surface area contributed by atoms with Crippen LogP contribution in [-0.4, -0.2) is 75.3 Å². The normalized spacial score (nSPS) is 18.8. The van der Waals surface area contributed by atoms with Crippen molar-refractivity contribution in [2.45, 2.75) is 19.3 Å².